The van der Waals surface area contributed by atoms with Gasteiger partial charge >= 0.3 is 6.18 Å². The van der Waals surface area contributed by atoms with Crippen molar-refractivity contribution in [1.82, 2.24) is 4.90 Å². The van der Waals surface area contributed by atoms with E-state index in [4.69, 9.17) is 0 Å². The third-order valence-electron chi connectivity index (χ3n) is 5.10. The van der Waals surface area contributed by atoms with Gasteiger partial charge in [0.25, 0.3) is 0 Å². The first-order valence-corrected chi connectivity index (χ1v) is 8.58. The Balaban J connectivity index is 2.15. The van der Waals surface area contributed by atoms with E-state index in [9.17, 15) is 17.6 Å². The fourth-order valence-electron chi connectivity index (χ4n) is 4.25. The number of benzene rings is 1. The zero-order valence-electron chi connectivity index (χ0n) is 15.6. The summed E-state index contributed by atoms with van der Waals surface area (Å²) in [4.78, 5) is 2.21. The molecule has 2 rings (SSSR count). The number of nitrogens with one attached hydrogen (secondary N) is 1. The molecule has 1 aromatic carbocycles. The maximum absolute atomic E-state index is 13.6. The van der Waals surface area contributed by atoms with Crippen molar-refractivity contribution in [3.05, 3.63) is 29.6 Å². The third kappa shape index (κ3) is 5.33. The summed E-state index contributed by atoms with van der Waals surface area (Å²) in [6, 6.07) is 3.05. The lowest BCUT2D eigenvalue weighted by Crippen LogP contribution is -2.46. The summed E-state index contributed by atoms with van der Waals surface area (Å²) < 4.78 is 52.1. The summed E-state index contributed by atoms with van der Waals surface area (Å²) in [5.41, 5.74) is -0.696. The van der Waals surface area contributed by atoms with E-state index in [1.54, 1.807) is 0 Å². The Morgan fingerprint density at radius 3 is 2.32 bits per heavy atom. The molecule has 25 heavy (non-hydrogen) atoms. The smallest absolute Gasteiger partial charge is 0.384 e. The molecular weight excluding hydrogens is 332 g/mol. The minimum absolute atomic E-state index is 0.0681. The molecule has 6 heteroatoms. The number of nitrogens with zero attached hydrogens (tertiary/aromatic N) is 1. The Hall–Kier alpha value is -1.30. The van der Waals surface area contributed by atoms with Crippen molar-refractivity contribution in [3.8, 4) is 0 Å². The average molecular weight is 360 g/mol. The van der Waals surface area contributed by atoms with Gasteiger partial charge in [0, 0.05) is 18.3 Å². The molecule has 142 valence electrons. The normalized spacial score (nSPS) is 26.7. The van der Waals surface area contributed by atoms with Gasteiger partial charge in [-0.2, -0.15) is 13.2 Å². The first-order chi connectivity index (χ1) is 11.3. The molecule has 1 aromatic rings. The quantitative estimate of drug-likeness (QED) is 0.723. The summed E-state index contributed by atoms with van der Waals surface area (Å²) in [7, 11) is 4.12. The van der Waals surface area contributed by atoms with E-state index in [1.165, 1.54) is 0 Å². The molecule has 1 saturated carbocycles. The summed E-state index contributed by atoms with van der Waals surface area (Å²) in [5, 5.41) is 3.05. The fourth-order valence-corrected chi connectivity index (χ4v) is 4.25. The number of halogens is 4. The summed E-state index contributed by atoms with van der Waals surface area (Å²) >= 11 is 0. The van der Waals surface area contributed by atoms with Crippen LogP contribution in [-0.2, 0) is 6.18 Å². The highest BCUT2D eigenvalue weighted by atomic mass is 19.4. The van der Waals surface area contributed by atoms with Crippen molar-refractivity contribution in [2.24, 2.45) is 10.8 Å². The highest BCUT2D eigenvalue weighted by Gasteiger charge is 2.41. The van der Waals surface area contributed by atoms with Gasteiger partial charge in [-0.3, -0.25) is 0 Å². The van der Waals surface area contributed by atoms with Gasteiger partial charge in [0.15, 0.2) is 0 Å². The van der Waals surface area contributed by atoms with Crippen LogP contribution in [0.4, 0.5) is 23.2 Å². The molecule has 1 fully saturated rings. The van der Waals surface area contributed by atoms with Crippen molar-refractivity contribution in [2.45, 2.75) is 52.3 Å². The van der Waals surface area contributed by atoms with Crippen molar-refractivity contribution in [2.75, 3.05) is 26.0 Å². The largest absolute Gasteiger partial charge is 0.416 e. The molecule has 2 atom stereocenters. The number of anilines is 1. The molecule has 0 amide bonds. The van der Waals surface area contributed by atoms with Crippen LogP contribution < -0.4 is 5.32 Å². The predicted molar refractivity (Wildman–Crippen MR) is 93.1 cm³/mol. The number of hydrogen-bond acceptors (Lipinski definition) is 2. The second-order valence-electron chi connectivity index (χ2n) is 8.76. The van der Waals surface area contributed by atoms with Crippen molar-refractivity contribution < 1.29 is 17.6 Å². The minimum atomic E-state index is -4.55. The standard InChI is InChI=1S/C19H28F4N2/c1-17(2)9-16(25(4)5)10-18(3,11-17)12-24-15-7-13(19(21,22)23)6-14(20)8-15/h6-8,16,24H,9-12H2,1-5H3. The van der Waals surface area contributed by atoms with Crippen LogP contribution in [-0.4, -0.2) is 31.6 Å². The molecule has 2 unspecified atom stereocenters. The van der Waals surface area contributed by atoms with Gasteiger partial charge < -0.3 is 10.2 Å². The molecule has 1 N–H and O–H groups in total. The highest BCUT2D eigenvalue weighted by molar-refractivity contribution is 5.47. The topological polar surface area (TPSA) is 15.3 Å². The van der Waals surface area contributed by atoms with E-state index in [-0.39, 0.29) is 16.5 Å². The van der Waals surface area contributed by atoms with E-state index >= 15 is 0 Å². The molecule has 0 spiro atoms. The Kier molecular flexibility index (Phi) is 5.43. The van der Waals surface area contributed by atoms with Crippen LogP contribution in [0.5, 0.6) is 0 Å². The Morgan fingerprint density at radius 1 is 1.12 bits per heavy atom. The van der Waals surface area contributed by atoms with Gasteiger partial charge in [-0.15, -0.1) is 0 Å². The minimum Gasteiger partial charge on any atom is -0.384 e. The van der Waals surface area contributed by atoms with Crippen LogP contribution in [0.1, 0.15) is 45.6 Å². The van der Waals surface area contributed by atoms with E-state index in [0.717, 1.165) is 31.4 Å². The van der Waals surface area contributed by atoms with Gasteiger partial charge in [0.1, 0.15) is 5.82 Å². The zero-order chi connectivity index (χ0) is 19.0. The van der Waals surface area contributed by atoms with Crippen LogP contribution in [0.15, 0.2) is 18.2 Å². The molecule has 0 aromatic heterocycles. The molecule has 0 saturated heterocycles. The highest BCUT2D eigenvalue weighted by Crippen LogP contribution is 2.47. The lowest BCUT2D eigenvalue weighted by Gasteiger charge is -2.48. The molecule has 0 bridgehead atoms. The summed E-state index contributed by atoms with van der Waals surface area (Å²) in [6.07, 6.45) is -1.53. The third-order valence-corrected chi connectivity index (χ3v) is 5.10. The fraction of sp³-hybridized carbons (Fsp3) is 0.684. The van der Waals surface area contributed by atoms with Crippen LogP contribution in [0.3, 0.4) is 0 Å². The van der Waals surface area contributed by atoms with Gasteiger partial charge in [-0.25, -0.2) is 4.39 Å². The monoisotopic (exact) mass is 360 g/mol. The van der Waals surface area contributed by atoms with E-state index < -0.39 is 17.6 Å². The zero-order valence-corrected chi connectivity index (χ0v) is 15.6. The van der Waals surface area contributed by atoms with E-state index in [1.807, 2.05) is 0 Å². The molecule has 0 heterocycles. The van der Waals surface area contributed by atoms with Crippen molar-refractivity contribution in [1.29, 1.82) is 0 Å². The maximum atomic E-state index is 13.6. The first kappa shape index (κ1) is 20.0. The van der Waals surface area contributed by atoms with Crippen molar-refractivity contribution >= 4 is 5.69 Å². The number of rotatable bonds is 4. The van der Waals surface area contributed by atoms with Gasteiger partial charge in [0.05, 0.1) is 5.56 Å². The molecule has 1 aliphatic rings. The SMILES string of the molecule is CN(C)C1CC(C)(C)CC(C)(CNc2cc(F)cc(C(F)(F)F)c2)C1. The predicted octanol–water partition coefficient (Wildman–Crippen LogP) is 5.40. The lowest BCUT2D eigenvalue weighted by atomic mass is 9.62. The molecule has 0 radical (unpaired) electrons. The van der Waals surface area contributed by atoms with Gasteiger partial charge in [-0.1, -0.05) is 20.8 Å². The maximum Gasteiger partial charge on any atom is 0.416 e. The van der Waals surface area contributed by atoms with E-state index in [2.05, 4.69) is 45.1 Å². The summed E-state index contributed by atoms with van der Waals surface area (Å²) in [6.45, 7) is 7.12. The van der Waals surface area contributed by atoms with Gasteiger partial charge in [0.2, 0.25) is 0 Å². The first-order valence-electron chi connectivity index (χ1n) is 8.58. The average Bonchev–Trinajstić information content (AvgIpc) is 2.41. The second-order valence-corrected chi connectivity index (χ2v) is 8.76. The lowest BCUT2D eigenvalue weighted by molar-refractivity contribution is -0.137. The van der Waals surface area contributed by atoms with Crippen molar-refractivity contribution in [3.63, 3.8) is 0 Å². The Bertz CT molecular complexity index is 610. The molecule has 1 aliphatic carbocycles. The summed E-state index contributed by atoms with van der Waals surface area (Å²) in [5.74, 6) is -0.877. The molecule has 0 aliphatic heterocycles. The van der Waals surface area contributed by atoms with Crippen LogP contribution in [0.2, 0.25) is 0 Å². The number of hydrogen-bond donors (Lipinski definition) is 1. The van der Waals surface area contributed by atoms with E-state index in [0.29, 0.717) is 18.7 Å². The number of alkyl halides is 3. The Morgan fingerprint density at radius 2 is 1.76 bits per heavy atom. The second kappa shape index (κ2) is 6.78. The van der Waals surface area contributed by atoms with Crippen LogP contribution in [0.25, 0.3) is 0 Å². The van der Waals surface area contributed by atoms with Crippen LogP contribution >= 0.6 is 0 Å². The molecular formula is C19H28F4N2. The van der Waals surface area contributed by atoms with Gasteiger partial charge in [-0.05, 0) is 62.4 Å². The Labute approximate surface area is 147 Å². The molecule has 2 nitrogen and oxygen atoms in total. The van der Waals surface area contributed by atoms with Crippen LogP contribution in [0, 0.1) is 16.6 Å².